The number of aliphatic hydroxyl groups excluding tert-OH is 1. The van der Waals surface area contributed by atoms with Gasteiger partial charge in [-0.2, -0.15) is 4.98 Å². The van der Waals surface area contributed by atoms with Crippen LogP contribution in [-0.2, 0) is 0 Å². The molecule has 0 amide bonds. The van der Waals surface area contributed by atoms with Crippen molar-refractivity contribution in [2.45, 2.75) is 19.8 Å². The van der Waals surface area contributed by atoms with Gasteiger partial charge >= 0.3 is 0 Å². The molecular weight excluding hydrogens is 251 g/mol. The number of rotatable bonds is 6. The summed E-state index contributed by atoms with van der Waals surface area (Å²) in [6.45, 7) is 2.91. The van der Waals surface area contributed by atoms with Gasteiger partial charge in [-0.1, -0.05) is 24.9 Å². The highest BCUT2D eigenvalue weighted by molar-refractivity contribution is 6.32. The smallest absolute Gasteiger partial charge is 0.245 e. The standard InChI is InChI=1S/C9H14Cl2N4O/c1-2-6(3-4-16)5-12-8-7(10)14-15-9(11)13-8/h6,16H,2-5H2,1H3,(H,12,13,15). The molecule has 0 aliphatic heterocycles. The molecular formula is C9H14Cl2N4O. The van der Waals surface area contributed by atoms with Crippen LogP contribution in [0.3, 0.4) is 0 Å². The third-order valence-electron chi connectivity index (χ3n) is 2.29. The Balaban J connectivity index is 2.55. The fraction of sp³-hybridized carbons (Fsp3) is 0.667. The van der Waals surface area contributed by atoms with Gasteiger partial charge in [0.2, 0.25) is 5.28 Å². The van der Waals surface area contributed by atoms with E-state index in [1.54, 1.807) is 0 Å². The third-order valence-corrected chi connectivity index (χ3v) is 2.71. The van der Waals surface area contributed by atoms with Crippen molar-refractivity contribution in [3.63, 3.8) is 0 Å². The van der Waals surface area contributed by atoms with Gasteiger partial charge in [-0.05, 0) is 23.9 Å². The zero-order valence-electron chi connectivity index (χ0n) is 8.95. The summed E-state index contributed by atoms with van der Waals surface area (Å²) in [6, 6.07) is 0. The first-order valence-corrected chi connectivity index (χ1v) is 5.83. The molecule has 0 aliphatic carbocycles. The van der Waals surface area contributed by atoms with E-state index < -0.39 is 0 Å². The van der Waals surface area contributed by atoms with Gasteiger partial charge in [-0.3, -0.25) is 0 Å². The van der Waals surface area contributed by atoms with Gasteiger partial charge in [-0.15, -0.1) is 10.2 Å². The van der Waals surface area contributed by atoms with Crippen molar-refractivity contribution in [1.29, 1.82) is 0 Å². The maximum Gasteiger partial charge on any atom is 0.245 e. The Hall–Kier alpha value is -0.650. The molecule has 0 aromatic carbocycles. The topological polar surface area (TPSA) is 70.9 Å². The quantitative estimate of drug-likeness (QED) is 0.823. The normalized spacial score (nSPS) is 12.5. The fourth-order valence-electron chi connectivity index (χ4n) is 1.28. The minimum atomic E-state index is 0.0575. The summed E-state index contributed by atoms with van der Waals surface area (Å²) < 4.78 is 0. The number of nitrogens with one attached hydrogen (secondary N) is 1. The number of nitrogens with zero attached hydrogens (tertiary/aromatic N) is 3. The van der Waals surface area contributed by atoms with Crippen LogP contribution in [0.5, 0.6) is 0 Å². The maximum absolute atomic E-state index is 8.85. The SMILES string of the molecule is CCC(CCO)CNc1nc(Cl)nnc1Cl. The molecule has 0 saturated heterocycles. The van der Waals surface area contributed by atoms with Gasteiger partial charge < -0.3 is 10.4 Å². The molecule has 1 unspecified atom stereocenters. The molecule has 5 nitrogen and oxygen atoms in total. The van der Waals surface area contributed by atoms with Crippen molar-refractivity contribution >= 4 is 29.0 Å². The van der Waals surface area contributed by atoms with Crippen LogP contribution in [0.2, 0.25) is 10.4 Å². The Morgan fingerprint density at radius 3 is 2.75 bits per heavy atom. The van der Waals surface area contributed by atoms with Crippen LogP contribution in [0.1, 0.15) is 19.8 Å². The molecule has 1 heterocycles. The van der Waals surface area contributed by atoms with Crippen LogP contribution >= 0.6 is 23.2 Å². The van der Waals surface area contributed by atoms with Crippen LogP contribution in [0.25, 0.3) is 0 Å². The molecule has 0 fully saturated rings. The van der Waals surface area contributed by atoms with E-state index in [2.05, 4.69) is 27.4 Å². The maximum atomic E-state index is 8.85. The van der Waals surface area contributed by atoms with Crippen molar-refractivity contribution in [3.05, 3.63) is 10.4 Å². The fourth-order valence-corrected chi connectivity index (χ4v) is 1.55. The lowest BCUT2D eigenvalue weighted by atomic mass is 10.0. The van der Waals surface area contributed by atoms with Crippen molar-refractivity contribution in [2.75, 3.05) is 18.5 Å². The van der Waals surface area contributed by atoms with Gasteiger partial charge in [0.25, 0.3) is 0 Å². The first-order valence-electron chi connectivity index (χ1n) is 5.07. The van der Waals surface area contributed by atoms with Crippen LogP contribution in [0.4, 0.5) is 5.82 Å². The lowest BCUT2D eigenvalue weighted by molar-refractivity contribution is 0.258. The molecule has 0 aliphatic rings. The molecule has 1 rings (SSSR count). The van der Waals surface area contributed by atoms with E-state index in [0.29, 0.717) is 18.3 Å². The second kappa shape index (κ2) is 6.83. The van der Waals surface area contributed by atoms with Crippen molar-refractivity contribution < 1.29 is 5.11 Å². The van der Waals surface area contributed by atoms with E-state index in [9.17, 15) is 0 Å². The first-order chi connectivity index (χ1) is 7.67. The average molecular weight is 265 g/mol. The summed E-state index contributed by atoms with van der Waals surface area (Å²) >= 11 is 11.4. The monoisotopic (exact) mass is 264 g/mol. The van der Waals surface area contributed by atoms with Crippen LogP contribution in [-0.4, -0.2) is 33.4 Å². The lowest BCUT2D eigenvalue weighted by Gasteiger charge is -2.14. The molecule has 1 aromatic rings. The van der Waals surface area contributed by atoms with Gasteiger partial charge in [0.05, 0.1) is 0 Å². The summed E-state index contributed by atoms with van der Waals surface area (Å²) in [4.78, 5) is 3.93. The van der Waals surface area contributed by atoms with E-state index in [1.165, 1.54) is 0 Å². The summed E-state index contributed by atoms with van der Waals surface area (Å²) in [5, 5.41) is 19.3. The van der Waals surface area contributed by atoms with Crippen LogP contribution < -0.4 is 5.32 Å². The molecule has 7 heteroatoms. The van der Waals surface area contributed by atoms with Gasteiger partial charge in [0.15, 0.2) is 11.0 Å². The third kappa shape index (κ3) is 4.08. The predicted molar refractivity (Wildman–Crippen MR) is 63.8 cm³/mol. The average Bonchev–Trinajstić information content (AvgIpc) is 2.28. The van der Waals surface area contributed by atoms with Gasteiger partial charge in [0, 0.05) is 13.2 Å². The molecule has 0 spiro atoms. The molecule has 1 atom stereocenters. The minimum Gasteiger partial charge on any atom is -0.396 e. The summed E-state index contributed by atoms with van der Waals surface area (Å²) in [7, 11) is 0. The second-order valence-corrected chi connectivity index (χ2v) is 4.08. The largest absolute Gasteiger partial charge is 0.396 e. The highest BCUT2D eigenvalue weighted by Gasteiger charge is 2.09. The van der Waals surface area contributed by atoms with Crippen molar-refractivity contribution in [2.24, 2.45) is 5.92 Å². The Morgan fingerprint density at radius 2 is 2.12 bits per heavy atom. The lowest BCUT2D eigenvalue weighted by Crippen LogP contribution is -2.16. The molecule has 0 saturated carbocycles. The van der Waals surface area contributed by atoms with Crippen LogP contribution in [0.15, 0.2) is 0 Å². The molecule has 2 N–H and O–H groups in total. The van der Waals surface area contributed by atoms with E-state index in [1.807, 2.05) is 0 Å². The zero-order valence-corrected chi connectivity index (χ0v) is 10.5. The van der Waals surface area contributed by atoms with E-state index in [-0.39, 0.29) is 17.0 Å². The van der Waals surface area contributed by atoms with E-state index in [4.69, 9.17) is 28.3 Å². The Morgan fingerprint density at radius 1 is 1.38 bits per heavy atom. The van der Waals surface area contributed by atoms with Gasteiger partial charge in [0.1, 0.15) is 0 Å². The minimum absolute atomic E-state index is 0.0575. The van der Waals surface area contributed by atoms with E-state index in [0.717, 1.165) is 12.8 Å². The predicted octanol–water partition coefficient (Wildman–Crippen LogP) is 2.00. The number of aliphatic hydroxyl groups is 1. The summed E-state index contributed by atoms with van der Waals surface area (Å²) in [6.07, 6.45) is 1.71. The second-order valence-electron chi connectivity index (χ2n) is 3.39. The highest BCUT2D eigenvalue weighted by atomic mass is 35.5. The summed E-state index contributed by atoms with van der Waals surface area (Å²) in [5.41, 5.74) is 0. The Bertz CT molecular complexity index is 337. The Labute approximate surface area is 104 Å². The van der Waals surface area contributed by atoms with E-state index >= 15 is 0 Å². The molecule has 16 heavy (non-hydrogen) atoms. The Kier molecular flexibility index (Phi) is 5.73. The number of halogens is 2. The van der Waals surface area contributed by atoms with Crippen molar-refractivity contribution in [3.8, 4) is 0 Å². The summed E-state index contributed by atoms with van der Waals surface area (Å²) in [5.74, 6) is 0.799. The number of hydrogen-bond donors (Lipinski definition) is 2. The number of hydrogen-bond acceptors (Lipinski definition) is 5. The van der Waals surface area contributed by atoms with Crippen molar-refractivity contribution in [1.82, 2.24) is 15.2 Å². The molecule has 1 aromatic heterocycles. The number of anilines is 1. The first kappa shape index (κ1) is 13.4. The highest BCUT2D eigenvalue weighted by Crippen LogP contribution is 2.18. The van der Waals surface area contributed by atoms with Gasteiger partial charge in [-0.25, -0.2) is 0 Å². The molecule has 0 bridgehead atoms. The molecule has 0 radical (unpaired) electrons. The van der Waals surface area contributed by atoms with Crippen LogP contribution in [0, 0.1) is 5.92 Å². The number of aromatic nitrogens is 3. The molecule has 90 valence electrons. The zero-order chi connectivity index (χ0) is 12.0.